The van der Waals surface area contributed by atoms with E-state index in [1.54, 1.807) is 0 Å². The van der Waals surface area contributed by atoms with Crippen molar-refractivity contribution in [3.8, 4) is 5.75 Å². The molecule has 1 aliphatic heterocycles. The van der Waals surface area contributed by atoms with Crippen LogP contribution in [0, 0.1) is 13.8 Å². The van der Waals surface area contributed by atoms with Crippen molar-refractivity contribution < 1.29 is 4.74 Å². The molecule has 0 amide bonds. The van der Waals surface area contributed by atoms with Gasteiger partial charge in [-0.25, -0.2) is 0 Å². The Kier molecular flexibility index (Phi) is 3.74. The zero-order chi connectivity index (χ0) is 14.8. The summed E-state index contributed by atoms with van der Waals surface area (Å²) in [4.78, 5) is 2.28. The number of hydrogen-bond donors (Lipinski definition) is 1. The van der Waals surface area contributed by atoms with Crippen LogP contribution in [0.1, 0.15) is 16.7 Å². The maximum absolute atomic E-state index is 5.85. The average Bonchev–Trinajstić information content (AvgIpc) is 2.47. The van der Waals surface area contributed by atoms with Crippen LogP contribution in [0.25, 0.3) is 0 Å². The molecule has 2 aromatic rings. The summed E-state index contributed by atoms with van der Waals surface area (Å²) in [5.41, 5.74) is 6.20. The van der Waals surface area contributed by atoms with Gasteiger partial charge in [0.25, 0.3) is 0 Å². The maximum Gasteiger partial charge on any atom is 0.147 e. The van der Waals surface area contributed by atoms with Gasteiger partial charge in [-0.3, -0.25) is 0 Å². The lowest BCUT2D eigenvalue weighted by molar-refractivity contribution is 0.319. The van der Waals surface area contributed by atoms with E-state index >= 15 is 0 Å². The van der Waals surface area contributed by atoms with Gasteiger partial charge in [0, 0.05) is 31.4 Å². The third kappa shape index (κ3) is 2.82. The first-order valence-electron chi connectivity index (χ1n) is 7.42. The van der Waals surface area contributed by atoms with E-state index in [0.717, 1.165) is 31.1 Å². The first-order chi connectivity index (χ1) is 10.1. The van der Waals surface area contributed by atoms with Gasteiger partial charge in [-0.05, 0) is 31.5 Å². The Morgan fingerprint density at radius 3 is 2.86 bits per heavy atom. The number of fused-ring (bicyclic) bond motifs is 1. The first-order valence-corrected chi connectivity index (χ1v) is 7.42. The summed E-state index contributed by atoms with van der Waals surface area (Å²) in [5.74, 6) is 1.00. The van der Waals surface area contributed by atoms with E-state index in [-0.39, 0.29) is 0 Å². The maximum atomic E-state index is 5.85. The van der Waals surface area contributed by atoms with Crippen LogP contribution in [0.15, 0.2) is 36.4 Å². The molecule has 1 aliphatic rings. The number of rotatable bonds is 3. The van der Waals surface area contributed by atoms with Gasteiger partial charge in [0.15, 0.2) is 0 Å². The molecule has 0 aromatic heterocycles. The minimum atomic E-state index is 0.733. The Hall–Kier alpha value is -2.16. The smallest absolute Gasteiger partial charge is 0.147 e. The van der Waals surface area contributed by atoms with Crippen molar-refractivity contribution in [1.82, 2.24) is 0 Å². The van der Waals surface area contributed by atoms with Crippen LogP contribution < -0.4 is 15.0 Å². The Bertz CT molecular complexity index is 652. The van der Waals surface area contributed by atoms with Gasteiger partial charge in [0.1, 0.15) is 12.4 Å². The molecule has 0 saturated carbocycles. The monoisotopic (exact) mass is 282 g/mol. The fourth-order valence-corrected chi connectivity index (χ4v) is 2.93. The van der Waals surface area contributed by atoms with Gasteiger partial charge in [0.2, 0.25) is 0 Å². The predicted molar refractivity (Wildman–Crippen MR) is 88.4 cm³/mol. The van der Waals surface area contributed by atoms with Crippen molar-refractivity contribution in [2.45, 2.75) is 20.4 Å². The summed E-state index contributed by atoms with van der Waals surface area (Å²) in [6.07, 6.45) is 0. The molecule has 0 bridgehead atoms. The Balaban J connectivity index is 1.86. The normalized spacial score (nSPS) is 13.1. The molecule has 3 nitrogen and oxygen atoms in total. The highest BCUT2D eigenvalue weighted by atomic mass is 16.5. The van der Waals surface area contributed by atoms with Crippen LogP contribution in [-0.2, 0) is 6.54 Å². The molecular weight excluding hydrogens is 260 g/mol. The van der Waals surface area contributed by atoms with Crippen molar-refractivity contribution in [3.05, 3.63) is 53.1 Å². The molecule has 0 aliphatic carbocycles. The molecule has 0 unspecified atom stereocenters. The lowest BCUT2D eigenvalue weighted by Gasteiger charge is -2.26. The van der Waals surface area contributed by atoms with E-state index in [1.165, 1.54) is 22.4 Å². The van der Waals surface area contributed by atoms with Crippen molar-refractivity contribution >= 4 is 11.4 Å². The first kappa shape index (κ1) is 13.8. The minimum absolute atomic E-state index is 0.733. The number of hydrogen-bond acceptors (Lipinski definition) is 3. The van der Waals surface area contributed by atoms with Crippen molar-refractivity contribution in [2.75, 3.05) is 30.4 Å². The minimum Gasteiger partial charge on any atom is -0.489 e. The molecule has 21 heavy (non-hydrogen) atoms. The van der Waals surface area contributed by atoms with Crippen LogP contribution in [0.5, 0.6) is 5.75 Å². The number of anilines is 2. The summed E-state index contributed by atoms with van der Waals surface area (Å²) >= 11 is 0. The van der Waals surface area contributed by atoms with Crippen LogP contribution in [-0.4, -0.2) is 20.2 Å². The number of aryl methyl sites for hydroxylation is 2. The van der Waals surface area contributed by atoms with E-state index in [0.29, 0.717) is 0 Å². The molecule has 0 atom stereocenters. The van der Waals surface area contributed by atoms with Gasteiger partial charge < -0.3 is 15.0 Å². The lowest BCUT2D eigenvalue weighted by atomic mass is 10.1. The fourth-order valence-electron chi connectivity index (χ4n) is 2.93. The Morgan fingerprint density at radius 1 is 1.19 bits per heavy atom. The second-order valence-corrected chi connectivity index (χ2v) is 5.72. The standard InChI is InChI=1S/C18H22N2O/c1-13-7-8-17(14(2)11-13)20(3)12-15-5-4-6-16-18(15)21-10-9-19-16/h4-8,11,19H,9-10,12H2,1-3H3. The Labute approximate surface area is 126 Å². The predicted octanol–water partition coefficient (Wildman–Crippen LogP) is 3.74. The van der Waals surface area contributed by atoms with Gasteiger partial charge >= 0.3 is 0 Å². The molecule has 0 spiro atoms. The fraction of sp³-hybridized carbons (Fsp3) is 0.333. The molecule has 1 heterocycles. The highest BCUT2D eigenvalue weighted by Crippen LogP contribution is 2.33. The third-order valence-electron chi connectivity index (χ3n) is 3.93. The van der Waals surface area contributed by atoms with E-state index < -0.39 is 0 Å². The molecule has 0 fully saturated rings. The third-order valence-corrected chi connectivity index (χ3v) is 3.93. The number of benzene rings is 2. The van der Waals surface area contributed by atoms with Gasteiger partial charge in [-0.1, -0.05) is 29.8 Å². The van der Waals surface area contributed by atoms with Crippen LogP contribution in [0.4, 0.5) is 11.4 Å². The van der Waals surface area contributed by atoms with Crippen molar-refractivity contribution in [3.63, 3.8) is 0 Å². The number of para-hydroxylation sites is 1. The molecule has 0 saturated heterocycles. The highest BCUT2D eigenvalue weighted by Gasteiger charge is 2.15. The van der Waals surface area contributed by atoms with Gasteiger partial charge in [-0.15, -0.1) is 0 Å². The summed E-state index contributed by atoms with van der Waals surface area (Å²) in [6.45, 7) is 6.75. The second kappa shape index (κ2) is 5.68. The average molecular weight is 282 g/mol. The summed E-state index contributed by atoms with van der Waals surface area (Å²) in [5, 5.41) is 3.39. The van der Waals surface area contributed by atoms with E-state index in [9.17, 15) is 0 Å². The topological polar surface area (TPSA) is 24.5 Å². The largest absolute Gasteiger partial charge is 0.489 e. The second-order valence-electron chi connectivity index (χ2n) is 5.72. The van der Waals surface area contributed by atoms with Crippen LogP contribution >= 0.6 is 0 Å². The van der Waals surface area contributed by atoms with Crippen LogP contribution in [0.3, 0.4) is 0 Å². The molecule has 1 N–H and O–H groups in total. The lowest BCUT2D eigenvalue weighted by Crippen LogP contribution is -2.22. The zero-order valence-corrected chi connectivity index (χ0v) is 12.9. The van der Waals surface area contributed by atoms with Crippen LogP contribution in [0.2, 0.25) is 0 Å². The number of ether oxygens (including phenoxy) is 1. The van der Waals surface area contributed by atoms with E-state index in [4.69, 9.17) is 4.74 Å². The summed E-state index contributed by atoms with van der Waals surface area (Å²) in [7, 11) is 2.13. The molecule has 0 radical (unpaired) electrons. The molecular formula is C18H22N2O. The summed E-state index contributed by atoms with van der Waals surface area (Å²) < 4.78 is 5.85. The Morgan fingerprint density at radius 2 is 2.05 bits per heavy atom. The van der Waals surface area contributed by atoms with Gasteiger partial charge in [-0.2, -0.15) is 0 Å². The molecule has 110 valence electrons. The van der Waals surface area contributed by atoms with E-state index in [1.807, 2.05) is 0 Å². The quantitative estimate of drug-likeness (QED) is 0.928. The van der Waals surface area contributed by atoms with E-state index in [2.05, 4.69) is 67.5 Å². The zero-order valence-electron chi connectivity index (χ0n) is 12.9. The van der Waals surface area contributed by atoms with Crippen molar-refractivity contribution in [1.29, 1.82) is 0 Å². The molecule has 3 rings (SSSR count). The number of nitrogens with zero attached hydrogens (tertiary/aromatic N) is 1. The molecule has 2 aromatic carbocycles. The highest BCUT2D eigenvalue weighted by molar-refractivity contribution is 5.63. The number of nitrogens with one attached hydrogen (secondary N) is 1. The molecule has 3 heteroatoms. The summed E-state index contributed by atoms with van der Waals surface area (Å²) in [6, 6.07) is 12.9. The SMILES string of the molecule is Cc1ccc(N(C)Cc2cccc3c2OCCN3)c(C)c1. The van der Waals surface area contributed by atoms with Crippen molar-refractivity contribution in [2.24, 2.45) is 0 Å². The van der Waals surface area contributed by atoms with Gasteiger partial charge in [0.05, 0.1) is 5.69 Å².